The number of amides is 1. The van der Waals surface area contributed by atoms with E-state index in [4.69, 9.17) is 5.73 Å². The van der Waals surface area contributed by atoms with Crippen molar-refractivity contribution < 1.29 is 4.79 Å². The van der Waals surface area contributed by atoms with Crippen LogP contribution in [0.2, 0.25) is 0 Å². The van der Waals surface area contributed by atoms with Gasteiger partial charge in [-0.15, -0.1) is 0 Å². The van der Waals surface area contributed by atoms with Crippen molar-refractivity contribution >= 4 is 11.6 Å². The van der Waals surface area contributed by atoms with Crippen LogP contribution in [0.5, 0.6) is 0 Å². The molecule has 2 rings (SSSR count). The van der Waals surface area contributed by atoms with Gasteiger partial charge in [0.15, 0.2) is 0 Å². The standard InChI is InChI=1S/C16H24N2O/c1-12-9-10-13(17)11-15(12)16(19)18(2)14-7-5-3-4-6-8-14/h9-11,14H,3-8,17H2,1-2H3. The van der Waals surface area contributed by atoms with Crippen LogP contribution in [0.4, 0.5) is 5.69 Å². The first-order chi connectivity index (χ1) is 9.09. The Labute approximate surface area is 115 Å². The summed E-state index contributed by atoms with van der Waals surface area (Å²) in [6, 6.07) is 5.95. The molecular formula is C16H24N2O. The summed E-state index contributed by atoms with van der Waals surface area (Å²) in [7, 11) is 1.93. The maximum absolute atomic E-state index is 12.6. The van der Waals surface area contributed by atoms with Crippen LogP contribution >= 0.6 is 0 Å². The van der Waals surface area contributed by atoms with E-state index in [2.05, 4.69) is 0 Å². The molecular weight excluding hydrogens is 236 g/mol. The van der Waals surface area contributed by atoms with Crippen LogP contribution in [-0.4, -0.2) is 23.9 Å². The van der Waals surface area contributed by atoms with Gasteiger partial charge in [-0.3, -0.25) is 4.79 Å². The van der Waals surface area contributed by atoms with Crippen LogP contribution in [0.1, 0.15) is 54.4 Å². The molecule has 3 heteroatoms. The van der Waals surface area contributed by atoms with Crippen LogP contribution in [0.15, 0.2) is 18.2 Å². The van der Waals surface area contributed by atoms with Crippen LogP contribution in [0.25, 0.3) is 0 Å². The van der Waals surface area contributed by atoms with E-state index in [1.165, 1.54) is 25.7 Å². The molecule has 2 N–H and O–H groups in total. The summed E-state index contributed by atoms with van der Waals surface area (Å²) in [5, 5.41) is 0. The highest BCUT2D eigenvalue weighted by molar-refractivity contribution is 5.96. The minimum atomic E-state index is 0.108. The Morgan fingerprint density at radius 3 is 2.47 bits per heavy atom. The van der Waals surface area contributed by atoms with Gasteiger partial charge in [-0.05, 0) is 37.5 Å². The molecule has 0 atom stereocenters. The van der Waals surface area contributed by atoms with E-state index in [1.54, 1.807) is 6.07 Å². The van der Waals surface area contributed by atoms with Crippen LogP contribution in [0, 0.1) is 6.92 Å². The zero-order chi connectivity index (χ0) is 13.8. The monoisotopic (exact) mass is 260 g/mol. The second-order valence-electron chi connectivity index (χ2n) is 5.64. The third-order valence-electron chi connectivity index (χ3n) is 4.18. The number of nitrogens with two attached hydrogens (primary N) is 1. The zero-order valence-corrected chi connectivity index (χ0v) is 12.0. The van der Waals surface area contributed by atoms with Gasteiger partial charge in [0.25, 0.3) is 5.91 Å². The molecule has 0 bridgehead atoms. The Balaban J connectivity index is 2.15. The number of nitrogens with zero attached hydrogens (tertiary/aromatic N) is 1. The van der Waals surface area contributed by atoms with Crippen molar-refractivity contribution in [2.45, 2.75) is 51.5 Å². The molecule has 1 amide bonds. The van der Waals surface area contributed by atoms with Gasteiger partial charge >= 0.3 is 0 Å². The highest BCUT2D eigenvalue weighted by atomic mass is 16.2. The Bertz CT molecular complexity index is 448. The molecule has 0 aromatic heterocycles. The number of aryl methyl sites for hydroxylation is 1. The number of benzene rings is 1. The number of nitrogen functional groups attached to an aromatic ring is 1. The molecule has 1 aliphatic carbocycles. The first kappa shape index (κ1) is 13.9. The summed E-state index contributed by atoms with van der Waals surface area (Å²) in [4.78, 5) is 14.5. The van der Waals surface area contributed by atoms with Crippen molar-refractivity contribution in [1.82, 2.24) is 4.90 Å². The smallest absolute Gasteiger partial charge is 0.254 e. The van der Waals surface area contributed by atoms with E-state index in [0.717, 1.165) is 24.0 Å². The topological polar surface area (TPSA) is 46.3 Å². The van der Waals surface area contributed by atoms with E-state index >= 15 is 0 Å². The maximum atomic E-state index is 12.6. The van der Waals surface area contributed by atoms with Crippen molar-refractivity contribution in [3.63, 3.8) is 0 Å². The first-order valence-corrected chi connectivity index (χ1v) is 7.23. The molecule has 1 aliphatic rings. The van der Waals surface area contributed by atoms with E-state index in [1.807, 2.05) is 31.0 Å². The number of hydrogen-bond acceptors (Lipinski definition) is 2. The third-order valence-corrected chi connectivity index (χ3v) is 4.18. The SMILES string of the molecule is Cc1ccc(N)cc1C(=O)N(C)C1CCCCCC1. The Morgan fingerprint density at radius 1 is 1.21 bits per heavy atom. The molecule has 0 spiro atoms. The molecule has 0 saturated heterocycles. The lowest BCUT2D eigenvalue weighted by molar-refractivity contribution is 0.0717. The van der Waals surface area contributed by atoms with Crippen LogP contribution < -0.4 is 5.73 Å². The van der Waals surface area contributed by atoms with E-state index < -0.39 is 0 Å². The second-order valence-corrected chi connectivity index (χ2v) is 5.64. The minimum Gasteiger partial charge on any atom is -0.399 e. The highest BCUT2D eigenvalue weighted by Crippen LogP contribution is 2.23. The summed E-state index contributed by atoms with van der Waals surface area (Å²) in [5.74, 6) is 0.108. The number of rotatable bonds is 2. The predicted molar refractivity (Wildman–Crippen MR) is 79.2 cm³/mol. The lowest BCUT2D eigenvalue weighted by atomic mass is 10.0. The molecule has 0 aliphatic heterocycles. The van der Waals surface area contributed by atoms with Gasteiger partial charge in [0.2, 0.25) is 0 Å². The Kier molecular flexibility index (Phi) is 4.46. The molecule has 0 radical (unpaired) electrons. The summed E-state index contributed by atoms with van der Waals surface area (Å²) in [5.41, 5.74) is 8.20. The number of carbonyl (C=O) groups is 1. The molecule has 0 heterocycles. The average Bonchev–Trinajstić information content (AvgIpc) is 2.69. The summed E-state index contributed by atoms with van der Waals surface area (Å²) < 4.78 is 0. The normalized spacial score (nSPS) is 16.9. The minimum absolute atomic E-state index is 0.108. The largest absolute Gasteiger partial charge is 0.399 e. The van der Waals surface area contributed by atoms with Crippen molar-refractivity contribution in [3.8, 4) is 0 Å². The fraction of sp³-hybridized carbons (Fsp3) is 0.562. The lowest BCUT2D eigenvalue weighted by Crippen LogP contribution is -2.37. The summed E-state index contributed by atoms with van der Waals surface area (Å²) in [6.45, 7) is 1.97. The van der Waals surface area contributed by atoms with Crippen LogP contribution in [-0.2, 0) is 0 Å². The van der Waals surface area contributed by atoms with Crippen molar-refractivity contribution in [3.05, 3.63) is 29.3 Å². The molecule has 1 fully saturated rings. The Morgan fingerprint density at radius 2 is 1.84 bits per heavy atom. The quantitative estimate of drug-likeness (QED) is 0.654. The van der Waals surface area contributed by atoms with E-state index in [0.29, 0.717) is 11.7 Å². The predicted octanol–water partition coefficient (Wildman–Crippen LogP) is 3.37. The number of carbonyl (C=O) groups excluding carboxylic acids is 1. The van der Waals surface area contributed by atoms with E-state index in [9.17, 15) is 4.79 Å². The lowest BCUT2D eigenvalue weighted by Gasteiger charge is -2.28. The second kappa shape index (κ2) is 6.09. The molecule has 3 nitrogen and oxygen atoms in total. The molecule has 0 unspecified atom stereocenters. The maximum Gasteiger partial charge on any atom is 0.254 e. The fourth-order valence-electron chi connectivity index (χ4n) is 2.87. The van der Waals surface area contributed by atoms with Crippen molar-refractivity contribution in [2.24, 2.45) is 0 Å². The van der Waals surface area contributed by atoms with Gasteiger partial charge in [0.05, 0.1) is 0 Å². The van der Waals surface area contributed by atoms with Gasteiger partial charge in [-0.25, -0.2) is 0 Å². The van der Waals surface area contributed by atoms with Crippen molar-refractivity contribution in [2.75, 3.05) is 12.8 Å². The van der Waals surface area contributed by atoms with E-state index in [-0.39, 0.29) is 5.91 Å². The molecule has 104 valence electrons. The van der Waals surface area contributed by atoms with Crippen molar-refractivity contribution in [1.29, 1.82) is 0 Å². The first-order valence-electron chi connectivity index (χ1n) is 7.23. The average molecular weight is 260 g/mol. The van der Waals surface area contributed by atoms with Gasteiger partial charge in [0.1, 0.15) is 0 Å². The van der Waals surface area contributed by atoms with Crippen LogP contribution in [0.3, 0.4) is 0 Å². The number of anilines is 1. The fourth-order valence-corrected chi connectivity index (χ4v) is 2.87. The molecule has 1 aromatic carbocycles. The Hall–Kier alpha value is -1.51. The molecule has 19 heavy (non-hydrogen) atoms. The molecule has 1 aromatic rings. The van der Waals surface area contributed by atoms with Gasteiger partial charge in [0, 0.05) is 24.3 Å². The van der Waals surface area contributed by atoms with Gasteiger partial charge < -0.3 is 10.6 Å². The third kappa shape index (κ3) is 3.28. The van der Waals surface area contributed by atoms with Gasteiger partial charge in [-0.1, -0.05) is 31.7 Å². The summed E-state index contributed by atoms with van der Waals surface area (Å²) in [6.07, 6.45) is 7.33. The zero-order valence-electron chi connectivity index (χ0n) is 12.0. The molecule has 1 saturated carbocycles. The van der Waals surface area contributed by atoms with Gasteiger partial charge in [-0.2, -0.15) is 0 Å². The number of hydrogen-bond donors (Lipinski definition) is 1. The summed E-state index contributed by atoms with van der Waals surface area (Å²) >= 11 is 0. The highest BCUT2D eigenvalue weighted by Gasteiger charge is 2.23.